The van der Waals surface area contributed by atoms with Gasteiger partial charge in [-0.1, -0.05) is 0 Å². The molecule has 0 saturated carbocycles. The van der Waals surface area contributed by atoms with E-state index in [1.54, 1.807) is 0 Å². The van der Waals surface area contributed by atoms with Gasteiger partial charge < -0.3 is 20.5 Å². The summed E-state index contributed by atoms with van der Waals surface area (Å²) in [6.07, 6.45) is 2.61. The van der Waals surface area contributed by atoms with Crippen molar-refractivity contribution in [3.63, 3.8) is 0 Å². The van der Waals surface area contributed by atoms with Gasteiger partial charge in [0.25, 0.3) is 0 Å². The van der Waals surface area contributed by atoms with Crippen molar-refractivity contribution in [3.8, 4) is 0 Å². The SMILES string of the molecule is CC(C)(C)OC(=O)NCCCCCOCCN. The molecule has 1 amide bonds. The predicted molar refractivity (Wildman–Crippen MR) is 68.0 cm³/mol. The highest BCUT2D eigenvalue weighted by atomic mass is 16.6. The highest BCUT2D eigenvalue weighted by molar-refractivity contribution is 5.67. The molecule has 0 aliphatic rings. The minimum absolute atomic E-state index is 0.350. The lowest BCUT2D eigenvalue weighted by Gasteiger charge is -2.19. The van der Waals surface area contributed by atoms with Gasteiger partial charge in [0.2, 0.25) is 0 Å². The van der Waals surface area contributed by atoms with Crippen LogP contribution in [0.5, 0.6) is 0 Å². The molecule has 5 nitrogen and oxygen atoms in total. The van der Waals surface area contributed by atoms with E-state index in [-0.39, 0.29) is 6.09 Å². The highest BCUT2D eigenvalue weighted by Gasteiger charge is 2.15. The van der Waals surface area contributed by atoms with Crippen molar-refractivity contribution in [3.05, 3.63) is 0 Å². The van der Waals surface area contributed by atoms with Crippen LogP contribution in [0.25, 0.3) is 0 Å². The van der Waals surface area contributed by atoms with Crippen LogP contribution in [-0.2, 0) is 9.47 Å². The largest absolute Gasteiger partial charge is 0.444 e. The fourth-order valence-electron chi connectivity index (χ4n) is 1.20. The highest BCUT2D eigenvalue weighted by Crippen LogP contribution is 2.06. The van der Waals surface area contributed by atoms with Crippen LogP contribution in [0.4, 0.5) is 4.79 Å². The first-order valence-corrected chi connectivity index (χ1v) is 6.20. The zero-order chi connectivity index (χ0) is 13.1. The Bertz CT molecular complexity index is 202. The zero-order valence-electron chi connectivity index (χ0n) is 11.3. The molecule has 0 aromatic heterocycles. The van der Waals surface area contributed by atoms with Crippen LogP contribution in [0, 0.1) is 0 Å². The number of carbonyl (C=O) groups is 1. The third-order valence-corrected chi connectivity index (χ3v) is 1.90. The van der Waals surface area contributed by atoms with Crippen LogP contribution in [-0.4, -0.2) is 38.0 Å². The average Bonchev–Trinajstić information content (AvgIpc) is 2.19. The molecule has 0 aromatic carbocycles. The number of unbranched alkanes of at least 4 members (excludes halogenated alkanes) is 2. The molecule has 0 fully saturated rings. The lowest BCUT2D eigenvalue weighted by molar-refractivity contribution is 0.0526. The molecule has 0 atom stereocenters. The number of hydrogen-bond acceptors (Lipinski definition) is 4. The molecule has 0 aliphatic carbocycles. The maximum Gasteiger partial charge on any atom is 0.407 e. The monoisotopic (exact) mass is 246 g/mol. The second kappa shape index (κ2) is 9.24. The fourth-order valence-corrected chi connectivity index (χ4v) is 1.20. The lowest BCUT2D eigenvalue weighted by Crippen LogP contribution is -2.33. The Kier molecular flexibility index (Phi) is 8.80. The van der Waals surface area contributed by atoms with Crippen LogP contribution in [0.1, 0.15) is 40.0 Å². The smallest absolute Gasteiger partial charge is 0.407 e. The third-order valence-electron chi connectivity index (χ3n) is 1.90. The molecule has 0 bridgehead atoms. The fraction of sp³-hybridized carbons (Fsp3) is 0.917. The number of amides is 1. The molecule has 0 radical (unpaired) electrons. The summed E-state index contributed by atoms with van der Waals surface area (Å²) in [4.78, 5) is 11.3. The summed E-state index contributed by atoms with van der Waals surface area (Å²) in [6, 6.07) is 0. The number of ether oxygens (including phenoxy) is 2. The van der Waals surface area contributed by atoms with Crippen LogP contribution < -0.4 is 11.1 Å². The summed E-state index contributed by atoms with van der Waals surface area (Å²) < 4.78 is 10.3. The molecule has 102 valence electrons. The molecule has 5 heteroatoms. The topological polar surface area (TPSA) is 73.6 Å². The van der Waals surface area contributed by atoms with Gasteiger partial charge in [-0.25, -0.2) is 4.79 Å². The predicted octanol–water partition coefficient (Wildman–Crippen LogP) is 1.66. The number of rotatable bonds is 8. The van der Waals surface area contributed by atoms with Gasteiger partial charge in [0.05, 0.1) is 6.61 Å². The van der Waals surface area contributed by atoms with Gasteiger partial charge in [-0.05, 0) is 40.0 Å². The molecule has 0 spiro atoms. The summed E-state index contributed by atoms with van der Waals surface area (Å²) in [5.74, 6) is 0. The van der Waals surface area contributed by atoms with Crippen LogP contribution >= 0.6 is 0 Å². The molecule has 0 saturated heterocycles. The Morgan fingerprint density at radius 1 is 1.18 bits per heavy atom. The van der Waals surface area contributed by atoms with E-state index in [2.05, 4.69) is 5.32 Å². The first-order valence-electron chi connectivity index (χ1n) is 6.20. The molecule has 17 heavy (non-hydrogen) atoms. The molecule has 3 N–H and O–H groups in total. The van der Waals surface area contributed by atoms with Gasteiger partial charge in [-0.15, -0.1) is 0 Å². The van der Waals surface area contributed by atoms with E-state index in [9.17, 15) is 4.79 Å². The lowest BCUT2D eigenvalue weighted by atomic mass is 10.2. The van der Waals surface area contributed by atoms with Gasteiger partial charge in [-0.3, -0.25) is 0 Å². The van der Waals surface area contributed by atoms with E-state index < -0.39 is 5.60 Å². The van der Waals surface area contributed by atoms with Gasteiger partial charge in [0.15, 0.2) is 0 Å². The van der Waals surface area contributed by atoms with Gasteiger partial charge in [0.1, 0.15) is 5.60 Å². The Morgan fingerprint density at radius 2 is 1.88 bits per heavy atom. The van der Waals surface area contributed by atoms with E-state index in [1.165, 1.54) is 0 Å². The Hall–Kier alpha value is -0.810. The van der Waals surface area contributed by atoms with E-state index in [0.717, 1.165) is 25.9 Å². The number of carbonyl (C=O) groups excluding carboxylic acids is 1. The summed E-state index contributed by atoms with van der Waals surface area (Å²) >= 11 is 0. The van der Waals surface area contributed by atoms with E-state index in [1.807, 2.05) is 20.8 Å². The second-order valence-corrected chi connectivity index (χ2v) is 4.89. The van der Waals surface area contributed by atoms with Crippen LogP contribution in [0.3, 0.4) is 0 Å². The first kappa shape index (κ1) is 16.2. The molecule has 0 aliphatic heterocycles. The third kappa shape index (κ3) is 13.1. The van der Waals surface area contributed by atoms with E-state index in [4.69, 9.17) is 15.2 Å². The van der Waals surface area contributed by atoms with Crippen molar-refractivity contribution in [1.82, 2.24) is 5.32 Å². The molecule has 0 heterocycles. The summed E-state index contributed by atoms with van der Waals surface area (Å²) in [5, 5.41) is 2.72. The van der Waals surface area contributed by atoms with Crippen molar-refractivity contribution in [1.29, 1.82) is 0 Å². The van der Waals surface area contributed by atoms with Gasteiger partial charge >= 0.3 is 6.09 Å². The zero-order valence-corrected chi connectivity index (χ0v) is 11.3. The number of nitrogens with one attached hydrogen (secondary N) is 1. The summed E-state index contributed by atoms with van der Waals surface area (Å²) in [7, 11) is 0. The molecular formula is C12H26N2O3. The van der Waals surface area contributed by atoms with Crippen molar-refractivity contribution in [2.24, 2.45) is 5.73 Å². The number of nitrogens with two attached hydrogens (primary N) is 1. The van der Waals surface area contributed by atoms with Crippen LogP contribution in [0.2, 0.25) is 0 Å². The Morgan fingerprint density at radius 3 is 2.47 bits per heavy atom. The standard InChI is InChI=1S/C12H26N2O3/c1-12(2,3)17-11(15)14-8-5-4-6-9-16-10-7-13/h4-10,13H2,1-3H3,(H,14,15). The van der Waals surface area contributed by atoms with Crippen molar-refractivity contribution in [2.45, 2.75) is 45.6 Å². The minimum atomic E-state index is -0.430. The van der Waals surface area contributed by atoms with Crippen LogP contribution in [0.15, 0.2) is 0 Å². The quantitative estimate of drug-likeness (QED) is 0.639. The van der Waals surface area contributed by atoms with Crippen molar-refractivity contribution < 1.29 is 14.3 Å². The summed E-state index contributed by atoms with van der Waals surface area (Å²) in [6.45, 7) is 8.12. The van der Waals surface area contributed by atoms with E-state index in [0.29, 0.717) is 19.7 Å². The minimum Gasteiger partial charge on any atom is -0.444 e. The van der Waals surface area contributed by atoms with Gasteiger partial charge in [0, 0.05) is 19.7 Å². The number of alkyl carbamates (subject to hydrolysis) is 1. The maximum absolute atomic E-state index is 11.3. The average molecular weight is 246 g/mol. The summed E-state index contributed by atoms with van der Waals surface area (Å²) in [5.41, 5.74) is 4.86. The van der Waals surface area contributed by atoms with E-state index >= 15 is 0 Å². The number of hydrogen-bond donors (Lipinski definition) is 2. The van der Waals surface area contributed by atoms with Crippen molar-refractivity contribution >= 4 is 6.09 Å². The van der Waals surface area contributed by atoms with Gasteiger partial charge in [-0.2, -0.15) is 0 Å². The Balaban J connectivity index is 3.25. The Labute approximate surface area is 104 Å². The first-order chi connectivity index (χ1) is 7.95. The molecule has 0 aromatic rings. The second-order valence-electron chi connectivity index (χ2n) is 4.89. The normalized spacial score (nSPS) is 11.3. The maximum atomic E-state index is 11.3. The van der Waals surface area contributed by atoms with Crippen molar-refractivity contribution in [2.75, 3.05) is 26.3 Å². The molecule has 0 rings (SSSR count). The molecular weight excluding hydrogens is 220 g/mol. The molecule has 0 unspecified atom stereocenters.